The van der Waals surface area contributed by atoms with Crippen LogP contribution >= 0.6 is 0 Å². The third kappa shape index (κ3) is 16.8. The lowest BCUT2D eigenvalue weighted by Crippen LogP contribution is -2.16. The third-order valence-electron chi connectivity index (χ3n) is 8.05. The number of aromatic hydroxyl groups is 1. The summed E-state index contributed by atoms with van der Waals surface area (Å²) in [6, 6.07) is 5.71. The number of unbranched alkanes of at least 4 members (excludes halogenated alkanes) is 17. The van der Waals surface area contributed by atoms with Crippen LogP contribution in [-0.4, -0.2) is 17.7 Å². The van der Waals surface area contributed by atoms with Crippen molar-refractivity contribution < 1.29 is 14.6 Å². The number of esters is 1. The number of phenols is 1. The zero-order chi connectivity index (χ0) is 27.2. The van der Waals surface area contributed by atoms with Gasteiger partial charge in [-0.1, -0.05) is 149 Å². The van der Waals surface area contributed by atoms with Gasteiger partial charge in [0.2, 0.25) is 0 Å². The maximum absolute atomic E-state index is 12.1. The molecule has 0 atom stereocenters. The second-order valence-electron chi connectivity index (χ2n) is 11.8. The topological polar surface area (TPSA) is 46.5 Å². The number of phenolic OH excluding ortho intramolecular Hbond substituents is 1. The molecule has 0 saturated carbocycles. The molecule has 0 saturated heterocycles. The number of hydrogen-bond donors (Lipinski definition) is 1. The van der Waals surface area contributed by atoms with Crippen LogP contribution in [0.15, 0.2) is 18.2 Å². The quantitative estimate of drug-likeness (QED) is 0.110. The second-order valence-corrected chi connectivity index (χ2v) is 11.8. The molecule has 3 heteroatoms. The fourth-order valence-corrected chi connectivity index (χ4v) is 4.98. The van der Waals surface area contributed by atoms with Crippen LogP contribution in [0.2, 0.25) is 0 Å². The lowest BCUT2D eigenvalue weighted by Gasteiger charge is -2.25. The van der Waals surface area contributed by atoms with E-state index in [1.54, 1.807) is 6.07 Å². The van der Waals surface area contributed by atoms with Crippen molar-refractivity contribution in [2.24, 2.45) is 0 Å². The van der Waals surface area contributed by atoms with Gasteiger partial charge in [0.05, 0.1) is 6.61 Å². The Hall–Kier alpha value is -1.51. The number of benzene rings is 1. The number of carbonyl (C=O) groups excluding carboxylic acids is 1. The predicted octanol–water partition coefficient (Wildman–Crippen LogP) is 10.6. The fourth-order valence-electron chi connectivity index (χ4n) is 4.98. The van der Waals surface area contributed by atoms with Gasteiger partial charge < -0.3 is 9.84 Å². The summed E-state index contributed by atoms with van der Waals surface area (Å²) in [6.45, 7) is 9.23. The van der Waals surface area contributed by atoms with Gasteiger partial charge in [-0.25, -0.2) is 0 Å². The number of carbonyl (C=O) groups is 1. The zero-order valence-corrected chi connectivity index (χ0v) is 25.1. The van der Waals surface area contributed by atoms with Crippen molar-refractivity contribution in [1.29, 1.82) is 0 Å². The van der Waals surface area contributed by atoms with Crippen LogP contribution in [0.3, 0.4) is 0 Å². The molecule has 0 spiro atoms. The molecule has 0 radical (unpaired) electrons. The first-order valence-electron chi connectivity index (χ1n) is 15.9. The van der Waals surface area contributed by atoms with Gasteiger partial charge in [0.25, 0.3) is 0 Å². The summed E-state index contributed by atoms with van der Waals surface area (Å²) < 4.78 is 5.45. The lowest BCUT2D eigenvalue weighted by atomic mass is 9.81. The summed E-state index contributed by atoms with van der Waals surface area (Å²) in [7, 11) is 0. The summed E-state index contributed by atoms with van der Waals surface area (Å²) in [5, 5.41) is 10.2. The van der Waals surface area contributed by atoms with Gasteiger partial charge >= 0.3 is 5.97 Å². The largest absolute Gasteiger partial charge is 0.508 e. The first-order chi connectivity index (χ1) is 17.9. The lowest BCUT2D eigenvalue weighted by molar-refractivity contribution is -0.143. The van der Waals surface area contributed by atoms with E-state index in [9.17, 15) is 9.90 Å². The highest BCUT2D eigenvalue weighted by molar-refractivity contribution is 5.69. The summed E-state index contributed by atoms with van der Waals surface area (Å²) in [5.74, 6) is 0.226. The van der Waals surface area contributed by atoms with E-state index in [-0.39, 0.29) is 11.4 Å². The molecular formula is C34H60O3. The van der Waals surface area contributed by atoms with Crippen molar-refractivity contribution in [3.63, 3.8) is 0 Å². The third-order valence-corrected chi connectivity index (χ3v) is 8.05. The van der Waals surface area contributed by atoms with E-state index in [1.807, 2.05) is 12.1 Å². The van der Waals surface area contributed by atoms with E-state index in [4.69, 9.17) is 4.74 Å². The molecule has 1 aromatic rings. The highest BCUT2D eigenvalue weighted by Gasteiger charge is 2.22. The van der Waals surface area contributed by atoms with E-state index in [0.29, 0.717) is 25.2 Å². The van der Waals surface area contributed by atoms with Crippen LogP contribution in [0, 0.1) is 0 Å². The van der Waals surface area contributed by atoms with Gasteiger partial charge in [-0.15, -0.1) is 0 Å². The molecule has 1 aromatic carbocycles. The van der Waals surface area contributed by atoms with E-state index in [2.05, 4.69) is 27.7 Å². The first kappa shape index (κ1) is 33.5. The second kappa shape index (κ2) is 21.4. The molecule has 0 heterocycles. The Balaban J connectivity index is 1.92. The summed E-state index contributed by atoms with van der Waals surface area (Å²) in [6.07, 6.45) is 26.5. The summed E-state index contributed by atoms with van der Waals surface area (Å²) in [5.41, 5.74) is 1.96. The van der Waals surface area contributed by atoms with Gasteiger partial charge in [-0.2, -0.15) is 0 Å². The van der Waals surface area contributed by atoms with Crippen molar-refractivity contribution >= 4 is 5.97 Å². The fraction of sp³-hybridized carbons (Fsp3) is 0.794. The number of rotatable bonds is 24. The molecule has 3 nitrogen and oxygen atoms in total. The Bertz CT molecular complexity index is 694. The highest BCUT2D eigenvalue weighted by Crippen LogP contribution is 2.34. The molecule has 0 aliphatic carbocycles. The van der Waals surface area contributed by atoms with Crippen molar-refractivity contribution in [2.75, 3.05) is 6.61 Å². The van der Waals surface area contributed by atoms with Crippen molar-refractivity contribution in [1.82, 2.24) is 0 Å². The molecular weight excluding hydrogens is 456 g/mol. The minimum absolute atomic E-state index is 0.0761. The van der Waals surface area contributed by atoms with Crippen LogP contribution in [0.5, 0.6) is 5.75 Å². The van der Waals surface area contributed by atoms with E-state index in [1.165, 1.54) is 103 Å². The van der Waals surface area contributed by atoms with Crippen molar-refractivity contribution in [3.05, 3.63) is 29.3 Å². The van der Waals surface area contributed by atoms with Gasteiger partial charge in [0.15, 0.2) is 0 Å². The Kier molecular flexibility index (Phi) is 19.4. The SMILES string of the molecule is CCCCCCCCCCCCCCCCCCCCOC(=O)CCc1ccc(O)c(C(C)(C)CC)c1. The van der Waals surface area contributed by atoms with E-state index >= 15 is 0 Å². The Morgan fingerprint density at radius 1 is 0.730 bits per heavy atom. The van der Waals surface area contributed by atoms with E-state index < -0.39 is 0 Å². The number of ether oxygens (including phenoxy) is 1. The van der Waals surface area contributed by atoms with Gasteiger partial charge in [-0.05, 0) is 41.9 Å². The predicted molar refractivity (Wildman–Crippen MR) is 159 cm³/mol. The van der Waals surface area contributed by atoms with Crippen LogP contribution in [-0.2, 0) is 21.4 Å². The Labute approximate surface area is 230 Å². The molecule has 0 unspecified atom stereocenters. The van der Waals surface area contributed by atoms with Gasteiger partial charge in [0, 0.05) is 6.42 Å². The van der Waals surface area contributed by atoms with Crippen LogP contribution < -0.4 is 0 Å². The van der Waals surface area contributed by atoms with Crippen molar-refractivity contribution in [3.8, 4) is 5.75 Å². The van der Waals surface area contributed by atoms with Crippen LogP contribution in [0.25, 0.3) is 0 Å². The summed E-state index contributed by atoms with van der Waals surface area (Å²) in [4.78, 5) is 12.1. The Morgan fingerprint density at radius 2 is 1.19 bits per heavy atom. The molecule has 0 fully saturated rings. The minimum Gasteiger partial charge on any atom is -0.508 e. The van der Waals surface area contributed by atoms with Gasteiger partial charge in [0.1, 0.15) is 5.75 Å². The molecule has 0 amide bonds. The highest BCUT2D eigenvalue weighted by atomic mass is 16.5. The molecule has 1 N–H and O–H groups in total. The zero-order valence-electron chi connectivity index (χ0n) is 25.1. The smallest absolute Gasteiger partial charge is 0.306 e. The minimum atomic E-state index is -0.114. The molecule has 37 heavy (non-hydrogen) atoms. The monoisotopic (exact) mass is 516 g/mol. The number of aryl methyl sites for hydroxylation is 1. The molecule has 214 valence electrons. The van der Waals surface area contributed by atoms with Gasteiger partial charge in [-0.3, -0.25) is 4.79 Å². The summed E-state index contributed by atoms with van der Waals surface area (Å²) >= 11 is 0. The molecule has 1 rings (SSSR count). The van der Waals surface area contributed by atoms with Crippen molar-refractivity contribution in [2.45, 2.75) is 168 Å². The average Bonchev–Trinajstić information content (AvgIpc) is 2.89. The average molecular weight is 517 g/mol. The first-order valence-corrected chi connectivity index (χ1v) is 15.9. The maximum atomic E-state index is 12.1. The molecule has 0 aliphatic rings. The molecule has 0 aliphatic heterocycles. The standard InChI is InChI=1S/C34H60O3/c1-5-7-8-9-10-11-12-13-14-15-16-17-18-19-20-21-22-23-28-37-33(36)27-25-30-24-26-32(35)31(29-30)34(3,4)6-2/h24,26,29,35H,5-23,25,27-28H2,1-4H3. The van der Waals surface area contributed by atoms with Crippen LogP contribution in [0.4, 0.5) is 0 Å². The van der Waals surface area contributed by atoms with E-state index in [0.717, 1.165) is 30.4 Å². The normalized spacial score (nSPS) is 11.7. The molecule has 0 aromatic heterocycles. The maximum Gasteiger partial charge on any atom is 0.306 e. The number of hydrogen-bond acceptors (Lipinski definition) is 3. The molecule has 0 bridgehead atoms. The van der Waals surface area contributed by atoms with Crippen LogP contribution in [0.1, 0.15) is 167 Å². The Morgan fingerprint density at radius 3 is 1.65 bits per heavy atom.